The van der Waals surface area contributed by atoms with Gasteiger partial charge in [-0.05, 0) is 12.1 Å². The van der Waals surface area contributed by atoms with Crippen molar-refractivity contribution in [3.8, 4) is 0 Å². The van der Waals surface area contributed by atoms with Gasteiger partial charge in [-0.1, -0.05) is 0 Å². The van der Waals surface area contributed by atoms with Crippen LogP contribution in [0.5, 0.6) is 0 Å². The van der Waals surface area contributed by atoms with E-state index in [0.717, 1.165) is 0 Å². The average molecular weight is 294 g/mol. The first-order valence-corrected chi connectivity index (χ1v) is 6.71. The van der Waals surface area contributed by atoms with Crippen LogP contribution in [0.15, 0.2) is 24.3 Å². The van der Waals surface area contributed by atoms with E-state index < -0.39 is 10.5 Å². The molecule has 114 valence electrons. The number of nitro benzene ring substituents is 1. The van der Waals surface area contributed by atoms with Gasteiger partial charge in [0, 0.05) is 57.3 Å². The average Bonchev–Trinajstić information content (AvgIpc) is 2.46. The number of carbonyl (C=O) groups excluding carboxylic acids is 1. The predicted octanol–water partition coefficient (Wildman–Crippen LogP) is 1.21. The zero-order chi connectivity index (χ0) is 15.5. The molecule has 1 aromatic rings. The maximum atomic E-state index is 12.3. The second-order valence-corrected chi connectivity index (χ2v) is 5.30. The van der Waals surface area contributed by atoms with Crippen molar-refractivity contribution in [3.05, 3.63) is 39.9 Å². The zero-order valence-electron chi connectivity index (χ0n) is 11.8. The molecule has 0 unspecified atom stereocenters. The van der Waals surface area contributed by atoms with E-state index in [2.05, 4.69) is 0 Å². The molecule has 0 radical (unpaired) electrons. The van der Waals surface area contributed by atoms with Crippen LogP contribution < -0.4 is 0 Å². The van der Waals surface area contributed by atoms with Gasteiger partial charge >= 0.3 is 0 Å². The molecule has 2 rings (SSSR count). The molecule has 1 N–H and O–H groups in total. The molecule has 7 heteroatoms. The van der Waals surface area contributed by atoms with E-state index >= 15 is 0 Å². The fourth-order valence-corrected chi connectivity index (χ4v) is 2.37. The highest BCUT2D eigenvalue weighted by Crippen LogP contribution is 2.22. The lowest BCUT2D eigenvalue weighted by Crippen LogP contribution is -2.47. The molecule has 1 fully saturated rings. The Morgan fingerprint density at radius 1 is 1.38 bits per heavy atom. The molecule has 1 aliphatic rings. The van der Waals surface area contributed by atoms with E-state index in [9.17, 15) is 20.0 Å². The van der Waals surface area contributed by atoms with E-state index in [1.165, 1.54) is 29.2 Å². The van der Waals surface area contributed by atoms with E-state index in [-0.39, 0.29) is 18.1 Å². The lowest BCUT2D eigenvalue weighted by molar-refractivity contribution is -0.384. The molecule has 21 heavy (non-hydrogen) atoms. The maximum absolute atomic E-state index is 12.3. The summed E-state index contributed by atoms with van der Waals surface area (Å²) in [6.45, 7) is 1.18. The number of non-ortho nitro benzene ring substituents is 1. The van der Waals surface area contributed by atoms with Crippen LogP contribution in [0.4, 0.5) is 5.69 Å². The Labute approximate surface area is 122 Å². The molecule has 0 bridgehead atoms. The van der Waals surface area contributed by atoms with E-state index in [1.54, 1.807) is 7.05 Å². The molecule has 0 aromatic heterocycles. The first-order chi connectivity index (χ1) is 9.91. The van der Waals surface area contributed by atoms with Crippen LogP contribution in [-0.2, 0) is 4.74 Å². The lowest BCUT2D eigenvalue weighted by atomic mass is 9.93. The van der Waals surface area contributed by atoms with Gasteiger partial charge in [0.1, 0.15) is 0 Å². The molecule has 0 atom stereocenters. The van der Waals surface area contributed by atoms with Crippen LogP contribution in [0.25, 0.3) is 0 Å². The number of ether oxygens (including phenoxy) is 1. The number of rotatable bonds is 4. The number of aliphatic hydroxyl groups is 1. The van der Waals surface area contributed by atoms with Gasteiger partial charge in [0.05, 0.1) is 10.5 Å². The Morgan fingerprint density at radius 3 is 2.48 bits per heavy atom. The second-order valence-electron chi connectivity index (χ2n) is 5.30. The normalized spacial score (nSPS) is 17.2. The van der Waals surface area contributed by atoms with Gasteiger partial charge in [0.25, 0.3) is 11.6 Å². The van der Waals surface area contributed by atoms with Crippen LogP contribution in [0.1, 0.15) is 23.2 Å². The Bertz CT molecular complexity index is 523. The van der Waals surface area contributed by atoms with Crippen molar-refractivity contribution in [1.29, 1.82) is 0 Å². The minimum Gasteiger partial charge on any atom is -0.388 e. The summed E-state index contributed by atoms with van der Waals surface area (Å²) in [6, 6.07) is 5.43. The highest BCUT2D eigenvalue weighted by atomic mass is 16.6. The van der Waals surface area contributed by atoms with Gasteiger partial charge in [-0.25, -0.2) is 0 Å². The monoisotopic (exact) mass is 294 g/mol. The van der Waals surface area contributed by atoms with Gasteiger partial charge in [0.2, 0.25) is 0 Å². The molecule has 1 saturated heterocycles. The summed E-state index contributed by atoms with van der Waals surface area (Å²) in [4.78, 5) is 23.8. The van der Waals surface area contributed by atoms with Crippen molar-refractivity contribution in [3.63, 3.8) is 0 Å². The number of nitrogens with zero attached hydrogens (tertiary/aromatic N) is 2. The van der Waals surface area contributed by atoms with E-state index in [1.807, 2.05) is 0 Å². The summed E-state index contributed by atoms with van der Waals surface area (Å²) >= 11 is 0. The van der Waals surface area contributed by atoms with Crippen LogP contribution in [-0.4, -0.2) is 53.2 Å². The largest absolute Gasteiger partial charge is 0.388 e. The summed E-state index contributed by atoms with van der Waals surface area (Å²) in [5.74, 6) is -0.273. The number of nitro groups is 1. The van der Waals surface area contributed by atoms with Crippen molar-refractivity contribution < 1.29 is 19.6 Å². The summed E-state index contributed by atoms with van der Waals surface area (Å²) in [5.41, 5.74) is -0.625. The number of hydrogen-bond acceptors (Lipinski definition) is 5. The third kappa shape index (κ3) is 3.77. The van der Waals surface area contributed by atoms with Crippen molar-refractivity contribution in [2.75, 3.05) is 26.8 Å². The predicted molar refractivity (Wildman–Crippen MR) is 75.1 cm³/mol. The van der Waals surface area contributed by atoms with Crippen molar-refractivity contribution >= 4 is 11.6 Å². The molecule has 0 aliphatic carbocycles. The Balaban J connectivity index is 2.03. The zero-order valence-corrected chi connectivity index (χ0v) is 11.8. The van der Waals surface area contributed by atoms with Crippen LogP contribution in [0, 0.1) is 10.1 Å². The summed E-state index contributed by atoms with van der Waals surface area (Å²) in [7, 11) is 1.61. The highest BCUT2D eigenvalue weighted by molar-refractivity contribution is 5.94. The molecular formula is C14H18N2O5. The van der Waals surface area contributed by atoms with Crippen LogP contribution in [0.2, 0.25) is 0 Å². The maximum Gasteiger partial charge on any atom is 0.269 e. The smallest absolute Gasteiger partial charge is 0.269 e. The molecule has 1 amide bonds. The standard InChI is InChI=1S/C14H18N2O5/c1-15(10-14(18)6-8-21-9-7-14)13(17)11-2-4-12(5-3-11)16(19)20/h2-5,18H,6-10H2,1H3. The topological polar surface area (TPSA) is 92.9 Å². The van der Waals surface area contributed by atoms with Crippen LogP contribution in [0.3, 0.4) is 0 Å². The Hall–Kier alpha value is -1.99. The van der Waals surface area contributed by atoms with Crippen molar-refractivity contribution in [2.45, 2.75) is 18.4 Å². The van der Waals surface area contributed by atoms with Crippen molar-refractivity contribution in [2.24, 2.45) is 0 Å². The van der Waals surface area contributed by atoms with Gasteiger partial charge < -0.3 is 14.7 Å². The molecule has 7 nitrogen and oxygen atoms in total. The van der Waals surface area contributed by atoms with Crippen molar-refractivity contribution in [1.82, 2.24) is 4.90 Å². The summed E-state index contributed by atoms with van der Waals surface area (Å²) in [5, 5.41) is 21.0. The number of benzene rings is 1. The van der Waals surface area contributed by atoms with Gasteiger partial charge in [0.15, 0.2) is 0 Å². The Morgan fingerprint density at radius 2 is 1.95 bits per heavy atom. The third-order valence-corrected chi connectivity index (χ3v) is 3.63. The lowest BCUT2D eigenvalue weighted by Gasteiger charge is -2.35. The number of amides is 1. The Kier molecular flexibility index (Phi) is 4.54. The molecule has 1 aliphatic heterocycles. The van der Waals surface area contributed by atoms with E-state index in [0.29, 0.717) is 31.6 Å². The first kappa shape index (κ1) is 15.4. The first-order valence-electron chi connectivity index (χ1n) is 6.71. The molecular weight excluding hydrogens is 276 g/mol. The number of likely N-dealkylation sites (N-methyl/N-ethyl adjacent to an activating group) is 1. The fraction of sp³-hybridized carbons (Fsp3) is 0.500. The van der Waals surface area contributed by atoms with Gasteiger partial charge in [-0.2, -0.15) is 0 Å². The summed E-state index contributed by atoms with van der Waals surface area (Å²) < 4.78 is 5.20. The number of hydrogen-bond donors (Lipinski definition) is 1. The van der Waals surface area contributed by atoms with E-state index in [4.69, 9.17) is 4.74 Å². The molecule has 1 aromatic carbocycles. The minimum atomic E-state index is -0.927. The minimum absolute atomic E-state index is 0.0581. The molecule has 0 saturated carbocycles. The molecule has 1 heterocycles. The molecule has 0 spiro atoms. The quantitative estimate of drug-likeness (QED) is 0.665. The number of carbonyl (C=O) groups is 1. The SMILES string of the molecule is CN(CC1(O)CCOCC1)C(=O)c1ccc([N+](=O)[O-])cc1. The van der Waals surface area contributed by atoms with Gasteiger partial charge in [-0.15, -0.1) is 0 Å². The fourth-order valence-electron chi connectivity index (χ4n) is 2.37. The third-order valence-electron chi connectivity index (χ3n) is 3.63. The van der Waals surface area contributed by atoms with Gasteiger partial charge in [-0.3, -0.25) is 14.9 Å². The summed E-state index contributed by atoms with van der Waals surface area (Å²) in [6.07, 6.45) is 0.982. The highest BCUT2D eigenvalue weighted by Gasteiger charge is 2.32. The van der Waals surface area contributed by atoms with Crippen LogP contribution >= 0.6 is 0 Å². The second kappa shape index (κ2) is 6.19.